The Labute approximate surface area is 135 Å². The number of pyridine rings is 1. The lowest BCUT2D eigenvalue weighted by atomic mass is 10.2. The van der Waals surface area contributed by atoms with Crippen LogP contribution in [0.25, 0.3) is 0 Å². The van der Waals surface area contributed by atoms with Crippen LogP contribution in [-0.2, 0) is 11.3 Å². The minimum atomic E-state index is -0.365. The number of carbonyl (C=O) groups is 1. The second-order valence-corrected chi connectivity index (χ2v) is 5.70. The minimum Gasteiger partial charge on any atom is -0.376 e. The molecule has 1 aromatic heterocycles. The Morgan fingerprint density at radius 2 is 1.96 bits per heavy atom. The third-order valence-corrected chi connectivity index (χ3v) is 3.42. The second kappa shape index (κ2) is 8.29. The molecule has 0 aliphatic carbocycles. The van der Waals surface area contributed by atoms with E-state index in [2.05, 4.69) is 10.3 Å². The van der Waals surface area contributed by atoms with Crippen molar-refractivity contribution in [3.05, 3.63) is 69.6 Å². The fraction of sp³-hybridized carbons (Fsp3) is 0.333. The van der Waals surface area contributed by atoms with E-state index in [4.69, 9.17) is 4.74 Å². The van der Waals surface area contributed by atoms with E-state index in [1.807, 2.05) is 37.3 Å². The summed E-state index contributed by atoms with van der Waals surface area (Å²) in [5, 5.41) is 2.77. The summed E-state index contributed by atoms with van der Waals surface area (Å²) in [5.74, 6) is -0.201. The van der Waals surface area contributed by atoms with Crippen LogP contribution in [0, 0.1) is 12.8 Å². The van der Waals surface area contributed by atoms with E-state index in [1.165, 1.54) is 0 Å². The number of ether oxygens (including phenoxy) is 1. The van der Waals surface area contributed by atoms with Gasteiger partial charge in [-0.05, 0) is 30.5 Å². The Bertz CT molecular complexity index is 695. The van der Waals surface area contributed by atoms with E-state index in [0.717, 1.165) is 11.3 Å². The van der Waals surface area contributed by atoms with Gasteiger partial charge in [0.25, 0.3) is 11.5 Å². The number of aromatic amines is 1. The number of amides is 1. The fourth-order valence-electron chi connectivity index (χ4n) is 2.12. The summed E-state index contributed by atoms with van der Waals surface area (Å²) in [6, 6.07) is 13.2. The van der Waals surface area contributed by atoms with Crippen LogP contribution in [-0.4, -0.2) is 24.0 Å². The van der Waals surface area contributed by atoms with Crippen molar-refractivity contribution >= 4 is 5.91 Å². The Kier molecular flexibility index (Phi) is 6.11. The maximum absolute atomic E-state index is 12.0. The van der Waals surface area contributed by atoms with Crippen molar-refractivity contribution in [2.75, 3.05) is 13.2 Å². The normalized spacial score (nSPS) is 11.9. The Hall–Kier alpha value is -2.40. The van der Waals surface area contributed by atoms with Gasteiger partial charge in [-0.3, -0.25) is 9.59 Å². The first-order chi connectivity index (χ1) is 11.1. The van der Waals surface area contributed by atoms with E-state index in [0.29, 0.717) is 19.8 Å². The Balaban J connectivity index is 1.74. The molecule has 0 aliphatic heterocycles. The molecule has 0 bridgehead atoms. The number of carbonyl (C=O) groups excluding carboxylic acids is 1. The third-order valence-electron chi connectivity index (χ3n) is 3.42. The van der Waals surface area contributed by atoms with E-state index >= 15 is 0 Å². The highest BCUT2D eigenvalue weighted by atomic mass is 16.5. The molecular weight excluding hydrogens is 292 g/mol. The van der Waals surface area contributed by atoms with Crippen molar-refractivity contribution < 1.29 is 9.53 Å². The molecular formula is C18H22N2O3. The van der Waals surface area contributed by atoms with Crippen molar-refractivity contribution in [2.24, 2.45) is 5.92 Å². The molecule has 5 nitrogen and oxygen atoms in total. The largest absolute Gasteiger partial charge is 0.376 e. The molecule has 1 amide bonds. The predicted molar refractivity (Wildman–Crippen MR) is 89.4 cm³/mol. The van der Waals surface area contributed by atoms with Crippen LogP contribution in [0.4, 0.5) is 0 Å². The second-order valence-electron chi connectivity index (χ2n) is 5.70. The summed E-state index contributed by atoms with van der Waals surface area (Å²) in [4.78, 5) is 26.3. The highest BCUT2D eigenvalue weighted by Gasteiger charge is 2.11. The summed E-state index contributed by atoms with van der Waals surface area (Å²) in [6.45, 7) is 5.32. The molecule has 0 aliphatic rings. The maximum Gasteiger partial charge on any atom is 0.260 e. The topological polar surface area (TPSA) is 71.2 Å². The average Bonchev–Trinajstić information content (AvgIpc) is 2.53. The summed E-state index contributed by atoms with van der Waals surface area (Å²) in [6.07, 6.45) is 0. The maximum atomic E-state index is 12.0. The lowest BCUT2D eigenvalue weighted by molar-refractivity contribution is 0.0843. The summed E-state index contributed by atoms with van der Waals surface area (Å²) >= 11 is 0. The molecule has 1 aromatic carbocycles. The van der Waals surface area contributed by atoms with Gasteiger partial charge in [-0.25, -0.2) is 0 Å². The molecule has 1 heterocycles. The Morgan fingerprint density at radius 1 is 1.22 bits per heavy atom. The van der Waals surface area contributed by atoms with Crippen LogP contribution in [0.2, 0.25) is 0 Å². The van der Waals surface area contributed by atoms with E-state index in [1.54, 1.807) is 19.1 Å². The SMILES string of the molecule is Cc1ccc(C(=O)NC[C@H](C)COCc2ccccc2)c(=O)[nH]1. The first kappa shape index (κ1) is 17.0. The summed E-state index contributed by atoms with van der Waals surface area (Å²) in [7, 11) is 0. The number of H-pyrrole nitrogens is 1. The molecule has 0 unspecified atom stereocenters. The average molecular weight is 314 g/mol. The van der Waals surface area contributed by atoms with Crippen molar-refractivity contribution in [1.29, 1.82) is 0 Å². The number of nitrogens with one attached hydrogen (secondary N) is 2. The Morgan fingerprint density at radius 3 is 2.65 bits per heavy atom. The van der Waals surface area contributed by atoms with E-state index in [9.17, 15) is 9.59 Å². The van der Waals surface area contributed by atoms with E-state index < -0.39 is 0 Å². The monoisotopic (exact) mass is 314 g/mol. The molecule has 0 spiro atoms. The first-order valence-corrected chi connectivity index (χ1v) is 7.66. The van der Waals surface area contributed by atoms with E-state index in [-0.39, 0.29) is 22.9 Å². The number of benzene rings is 1. The minimum absolute atomic E-state index is 0.132. The summed E-state index contributed by atoms with van der Waals surface area (Å²) in [5.41, 5.74) is 1.62. The lowest BCUT2D eigenvalue weighted by Gasteiger charge is -2.13. The number of rotatable bonds is 7. The molecule has 0 saturated carbocycles. The van der Waals surface area contributed by atoms with Crippen molar-refractivity contribution in [3.8, 4) is 0 Å². The van der Waals surface area contributed by atoms with Crippen molar-refractivity contribution in [1.82, 2.24) is 10.3 Å². The highest BCUT2D eigenvalue weighted by Crippen LogP contribution is 2.03. The zero-order valence-electron chi connectivity index (χ0n) is 13.5. The van der Waals surface area contributed by atoms with Crippen LogP contribution >= 0.6 is 0 Å². The van der Waals surface area contributed by atoms with Gasteiger partial charge in [-0.15, -0.1) is 0 Å². The molecule has 2 N–H and O–H groups in total. The van der Waals surface area contributed by atoms with Crippen molar-refractivity contribution in [3.63, 3.8) is 0 Å². The van der Waals surface area contributed by atoms with Gasteiger partial charge in [0.2, 0.25) is 0 Å². The predicted octanol–water partition coefficient (Wildman–Crippen LogP) is 2.27. The molecule has 1 atom stereocenters. The number of aryl methyl sites for hydroxylation is 1. The molecule has 0 saturated heterocycles. The third kappa shape index (κ3) is 5.38. The van der Waals surface area contributed by atoms with Gasteiger partial charge in [0.05, 0.1) is 13.2 Å². The molecule has 0 fully saturated rings. The molecule has 5 heteroatoms. The van der Waals surface area contributed by atoms with Gasteiger partial charge in [0, 0.05) is 12.2 Å². The first-order valence-electron chi connectivity index (χ1n) is 7.66. The van der Waals surface area contributed by atoms with Crippen LogP contribution in [0.5, 0.6) is 0 Å². The van der Waals surface area contributed by atoms with Gasteiger partial charge in [-0.2, -0.15) is 0 Å². The quantitative estimate of drug-likeness (QED) is 0.823. The number of hydrogen-bond donors (Lipinski definition) is 2. The molecule has 0 radical (unpaired) electrons. The fourth-order valence-corrected chi connectivity index (χ4v) is 2.12. The lowest BCUT2D eigenvalue weighted by Crippen LogP contribution is -2.33. The van der Waals surface area contributed by atoms with Crippen LogP contribution < -0.4 is 10.9 Å². The highest BCUT2D eigenvalue weighted by molar-refractivity contribution is 5.93. The van der Waals surface area contributed by atoms with Gasteiger partial charge in [0.15, 0.2) is 0 Å². The smallest absolute Gasteiger partial charge is 0.260 e. The van der Waals surface area contributed by atoms with Crippen molar-refractivity contribution in [2.45, 2.75) is 20.5 Å². The zero-order chi connectivity index (χ0) is 16.7. The zero-order valence-corrected chi connectivity index (χ0v) is 13.5. The van der Waals surface area contributed by atoms with Gasteiger partial charge >= 0.3 is 0 Å². The molecule has 122 valence electrons. The molecule has 23 heavy (non-hydrogen) atoms. The van der Waals surface area contributed by atoms with Gasteiger partial charge in [-0.1, -0.05) is 37.3 Å². The van der Waals surface area contributed by atoms with Crippen LogP contribution in [0.3, 0.4) is 0 Å². The molecule has 2 rings (SSSR count). The number of aromatic nitrogens is 1. The van der Waals surface area contributed by atoms with Gasteiger partial charge in [0.1, 0.15) is 5.56 Å². The summed E-state index contributed by atoms with van der Waals surface area (Å²) < 4.78 is 5.64. The standard InChI is InChI=1S/C18H22N2O3/c1-13(11-23-12-15-6-4-3-5-7-15)10-19-17(21)16-9-8-14(2)20-18(16)22/h3-9,13H,10-12H2,1-2H3,(H,19,21)(H,20,22)/t13-/m0/s1. The number of hydrogen-bond acceptors (Lipinski definition) is 3. The molecule has 2 aromatic rings. The van der Waals surface area contributed by atoms with Crippen LogP contribution in [0.15, 0.2) is 47.3 Å². The van der Waals surface area contributed by atoms with Gasteiger partial charge < -0.3 is 15.0 Å². The van der Waals surface area contributed by atoms with Crippen LogP contribution in [0.1, 0.15) is 28.5 Å².